The summed E-state index contributed by atoms with van der Waals surface area (Å²) in [5.41, 5.74) is 5.33. The summed E-state index contributed by atoms with van der Waals surface area (Å²) in [7, 11) is 0. The molecule has 0 spiro atoms. The summed E-state index contributed by atoms with van der Waals surface area (Å²) in [6.07, 6.45) is 4.47. The molecule has 2 atom stereocenters. The molecule has 1 N–H and O–H groups in total. The molecule has 1 aliphatic heterocycles. The third-order valence-corrected chi connectivity index (χ3v) is 4.48. The summed E-state index contributed by atoms with van der Waals surface area (Å²) in [4.78, 5) is 9.81. The van der Waals surface area contributed by atoms with Crippen LogP contribution in [0, 0.1) is 0 Å². The fourth-order valence-electron chi connectivity index (χ4n) is 2.40. The van der Waals surface area contributed by atoms with Gasteiger partial charge in [-0.1, -0.05) is 48.0 Å². The number of hydrogen-bond acceptors (Lipinski definition) is 4. The molecule has 2 aromatic rings. The minimum atomic E-state index is -0.404. The van der Waals surface area contributed by atoms with Crippen molar-refractivity contribution in [2.45, 2.75) is 24.5 Å². The van der Waals surface area contributed by atoms with Gasteiger partial charge in [-0.3, -0.25) is 10.5 Å². The lowest BCUT2D eigenvalue weighted by atomic mass is 10.1. The number of halogens is 2. The van der Waals surface area contributed by atoms with E-state index in [1.165, 1.54) is 0 Å². The van der Waals surface area contributed by atoms with Gasteiger partial charge < -0.3 is 4.74 Å². The van der Waals surface area contributed by atoms with E-state index in [0.29, 0.717) is 23.8 Å². The largest absolute Gasteiger partial charge is 0.350 e. The molecule has 2 unspecified atom stereocenters. The van der Waals surface area contributed by atoms with Gasteiger partial charge in [0.05, 0.1) is 17.3 Å². The van der Waals surface area contributed by atoms with Gasteiger partial charge in [0.1, 0.15) is 0 Å². The Morgan fingerprint density at radius 2 is 1.96 bits per heavy atom. The highest BCUT2D eigenvalue weighted by Gasteiger charge is 2.22. The van der Waals surface area contributed by atoms with Crippen LogP contribution in [0.5, 0.6) is 0 Å². The molecular weight excluding hydrogens is 347 g/mol. The number of alkyl halides is 1. The van der Waals surface area contributed by atoms with Gasteiger partial charge in [-0.05, 0) is 12.5 Å². The third-order valence-electron chi connectivity index (χ3n) is 3.67. The smallest absolute Gasteiger partial charge is 0.184 e. The Morgan fingerprint density at radius 1 is 1.17 bits per heavy atom. The number of rotatable bonds is 5. The maximum Gasteiger partial charge on any atom is 0.184 e. The fourth-order valence-corrected chi connectivity index (χ4v) is 2.90. The summed E-state index contributed by atoms with van der Waals surface area (Å²) in [6.45, 7) is 0.585. The van der Waals surface area contributed by atoms with E-state index in [0.717, 1.165) is 17.5 Å². The van der Waals surface area contributed by atoms with Crippen molar-refractivity contribution in [1.29, 1.82) is 0 Å². The Bertz CT molecular complexity index is 680. The van der Waals surface area contributed by atoms with Gasteiger partial charge in [0.25, 0.3) is 0 Å². The first-order valence-corrected chi connectivity index (χ1v) is 8.58. The first kappa shape index (κ1) is 17.2. The van der Waals surface area contributed by atoms with Crippen molar-refractivity contribution in [3.05, 3.63) is 66.0 Å². The zero-order valence-corrected chi connectivity index (χ0v) is 14.5. The maximum absolute atomic E-state index is 6.58. The summed E-state index contributed by atoms with van der Waals surface area (Å²) >= 11 is 12.8. The van der Waals surface area contributed by atoms with E-state index in [2.05, 4.69) is 10.5 Å². The monoisotopic (exact) mass is 364 g/mol. The predicted octanol–water partition coefficient (Wildman–Crippen LogP) is 4.41. The van der Waals surface area contributed by atoms with E-state index in [-0.39, 0.29) is 5.38 Å². The van der Waals surface area contributed by atoms with Gasteiger partial charge in [0.2, 0.25) is 0 Å². The van der Waals surface area contributed by atoms with Crippen molar-refractivity contribution in [2.24, 2.45) is 0 Å². The molecule has 0 amide bonds. The fraction of sp³-hybridized carbons (Fsp3) is 0.278. The summed E-state index contributed by atoms with van der Waals surface area (Å²) in [5.74, 6) is 0. The molecule has 0 aliphatic carbocycles. The van der Waals surface area contributed by atoms with Gasteiger partial charge in [-0.25, -0.2) is 4.84 Å². The minimum absolute atomic E-state index is 0.0588. The lowest BCUT2D eigenvalue weighted by molar-refractivity contribution is -0.183. The van der Waals surface area contributed by atoms with Crippen LogP contribution in [0.15, 0.2) is 54.9 Å². The first-order chi connectivity index (χ1) is 11.7. The number of benzene rings is 1. The van der Waals surface area contributed by atoms with Gasteiger partial charge in [-0.2, -0.15) is 0 Å². The minimum Gasteiger partial charge on any atom is -0.350 e. The number of nitrogens with one attached hydrogen (secondary N) is 1. The van der Waals surface area contributed by atoms with Crippen molar-refractivity contribution in [1.82, 2.24) is 10.5 Å². The number of aromatic nitrogens is 1. The van der Waals surface area contributed by atoms with E-state index in [1.54, 1.807) is 12.4 Å². The predicted molar refractivity (Wildman–Crippen MR) is 96.2 cm³/mol. The van der Waals surface area contributed by atoms with Gasteiger partial charge in [0.15, 0.2) is 6.29 Å². The van der Waals surface area contributed by atoms with Gasteiger partial charge in [0, 0.05) is 35.3 Å². The first-order valence-electron chi connectivity index (χ1n) is 7.77. The Morgan fingerprint density at radius 3 is 2.67 bits per heavy atom. The molecule has 1 saturated heterocycles. The Kier molecular flexibility index (Phi) is 6.10. The lowest BCUT2D eigenvalue weighted by Crippen LogP contribution is -2.32. The molecule has 1 aliphatic rings. The van der Waals surface area contributed by atoms with Gasteiger partial charge in [-0.15, -0.1) is 11.6 Å². The van der Waals surface area contributed by atoms with E-state index >= 15 is 0 Å². The molecule has 24 heavy (non-hydrogen) atoms. The third kappa shape index (κ3) is 4.48. The second-order valence-electron chi connectivity index (χ2n) is 5.44. The quantitative estimate of drug-likeness (QED) is 0.630. The number of hydrogen-bond donors (Lipinski definition) is 1. The van der Waals surface area contributed by atoms with Crippen LogP contribution in [-0.2, 0) is 9.57 Å². The molecule has 1 aromatic heterocycles. The highest BCUT2D eigenvalue weighted by molar-refractivity contribution is 6.52. The van der Waals surface area contributed by atoms with E-state index in [9.17, 15) is 0 Å². The number of pyridine rings is 1. The summed E-state index contributed by atoms with van der Waals surface area (Å²) < 4.78 is 5.57. The highest BCUT2D eigenvalue weighted by Crippen LogP contribution is 2.28. The molecule has 3 rings (SSSR count). The molecule has 2 heterocycles. The van der Waals surface area contributed by atoms with Crippen LogP contribution in [0.25, 0.3) is 10.7 Å². The summed E-state index contributed by atoms with van der Waals surface area (Å²) in [6, 6.07) is 13.5. The topological polar surface area (TPSA) is 43.4 Å². The standard InChI is InChI=1S/C18H18Cl2N2O2/c19-15-8-10-23-16(11-15)24-22-18(13-5-2-1-3-6-13)17(20)14-7-4-9-21-12-14/h1-7,9,12,15-16,22H,8,10-11H2. The maximum atomic E-state index is 6.58. The molecule has 126 valence electrons. The van der Waals surface area contributed by atoms with Crippen LogP contribution in [0.1, 0.15) is 24.0 Å². The number of hydroxylamine groups is 1. The van der Waals surface area contributed by atoms with E-state index in [4.69, 9.17) is 32.8 Å². The van der Waals surface area contributed by atoms with Crippen molar-refractivity contribution >= 4 is 33.9 Å². The zero-order chi connectivity index (χ0) is 16.8. The second kappa shape index (κ2) is 8.49. The molecular formula is C18H18Cl2N2O2. The van der Waals surface area contributed by atoms with Crippen molar-refractivity contribution in [3.63, 3.8) is 0 Å². The SMILES string of the molecule is ClC(=C(NOC1CC(Cl)CCO1)c1ccccc1)c1cccnc1. The highest BCUT2D eigenvalue weighted by atomic mass is 35.5. The average Bonchev–Trinajstić information content (AvgIpc) is 2.63. The molecule has 1 fully saturated rings. The summed E-state index contributed by atoms with van der Waals surface area (Å²) in [5, 5.41) is 0.580. The average molecular weight is 365 g/mol. The molecule has 0 saturated carbocycles. The number of ether oxygens (including phenoxy) is 1. The lowest BCUT2D eigenvalue weighted by Gasteiger charge is -2.26. The van der Waals surface area contributed by atoms with E-state index in [1.807, 2.05) is 42.5 Å². The van der Waals surface area contributed by atoms with Crippen molar-refractivity contribution < 1.29 is 9.57 Å². The van der Waals surface area contributed by atoms with Gasteiger partial charge >= 0.3 is 0 Å². The molecule has 0 bridgehead atoms. The van der Waals surface area contributed by atoms with Crippen LogP contribution >= 0.6 is 23.2 Å². The van der Waals surface area contributed by atoms with Crippen LogP contribution < -0.4 is 5.48 Å². The molecule has 4 nitrogen and oxygen atoms in total. The molecule has 1 aromatic carbocycles. The van der Waals surface area contributed by atoms with E-state index < -0.39 is 6.29 Å². The Labute approximate surface area is 151 Å². The number of nitrogens with zero attached hydrogens (tertiary/aromatic N) is 1. The van der Waals surface area contributed by atoms with Crippen LogP contribution in [0.3, 0.4) is 0 Å². The molecule has 6 heteroatoms. The normalized spacial score (nSPS) is 21.9. The Balaban J connectivity index is 1.83. The van der Waals surface area contributed by atoms with Crippen molar-refractivity contribution in [3.8, 4) is 0 Å². The zero-order valence-electron chi connectivity index (χ0n) is 13.0. The Hall–Kier alpha value is -1.59. The van der Waals surface area contributed by atoms with Crippen LogP contribution in [0.4, 0.5) is 0 Å². The van der Waals surface area contributed by atoms with Crippen LogP contribution in [0.2, 0.25) is 0 Å². The molecule has 0 radical (unpaired) electrons. The van der Waals surface area contributed by atoms with Crippen LogP contribution in [-0.4, -0.2) is 23.3 Å². The van der Waals surface area contributed by atoms with Crippen molar-refractivity contribution in [2.75, 3.05) is 6.61 Å². The second-order valence-corrected chi connectivity index (χ2v) is 6.43.